The Bertz CT molecular complexity index is 1240. The molecule has 1 saturated heterocycles. The Balaban J connectivity index is 1.43. The van der Waals surface area contributed by atoms with Crippen molar-refractivity contribution in [2.45, 2.75) is 19.1 Å². The largest absolute Gasteiger partial charge is 0.419 e. The Morgan fingerprint density at radius 1 is 0.971 bits per heavy atom. The van der Waals surface area contributed by atoms with Crippen molar-refractivity contribution in [2.24, 2.45) is 5.73 Å². The van der Waals surface area contributed by atoms with Gasteiger partial charge in [0, 0.05) is 24.4 Å². The van der Waals surface area contributed by atoms with Crippen molar-refractivity contribution in [3.8, 4) is 11.3 Å². The predicted octanol–water partition coefficient (Wildman–Crippen LogP) is 3.15. The molecule has 0 saturated carbocycles. The van der Waals surface area contributed by atoms with Crippen LogP contribution in [-0.4, -0.2) is 33.0 Å². The molecule has 3 aromatic rings. The lowest BCUT2D eigenvalue weighted by molar-refractivity contribution is -0.228. The summed E-state index contributed by atoms with van der Waals surface area (Å²) in [6, 6.07) is 20.6. The van der Waals surface area contributed by atoms with Gasteiger partial charge in [0.25, 0.3) is 5.79 Å². The van der Waals surface area contributed by atoms with Gasteiger partial charge in [-0.25, -0.2) is 9.59 Å². The lowest BCUT2D eigenvalue weighted by Crippen LogP contribution is -2.46. The summed E-state index contributed by atoms with van der Waals surface area (Å²) in [7, 11) is 0. The van der Waals surface area contributed by atoms with Crippen molar-refractivity contribution in [1.82, 2.24) is 10.2 Å². The number of aromatic nitrogens is 2. The molecule has 34 heavy (non-hydrogen) atoms. The number of benzene rings is 2. The number of nitrogens with two attached hydrogens (primary N) is 1. The average molecular weight is 476 g/mol. The van der Waals surface area contributed by atoms with Crippen LogP contribution in [0.1, 0.15) is 12.5 Å². The second kappa shape index (κ2) is 9.67. The molecule has 0 amide bonds. The number of carbonyl (C=O) groups is 2. The number of thiocarbonyl (C=S) groups is 1. The first kappa shape index (κ1) is 22.9. The highest BCUT2D eigenvalue weighted by molar-refractivity contribution is 7.80. The Labute approximate surface area is 201 Å². The summed E-state index contributed by atoms with van der Waals surface area (Å²) < 4.78 is 10.7. The highest BCUT2D eigenvalue weighted by Gasteiger charge is 2.42. The summed E-state index contributed by atoms with van der Waals surface area (Å²) in [5.41, 5.74) is 8.02. The van der Waals surface area contributed by atoms with Crippen LogP contribution in [0.25, 0.3) is 11.3 Å². The van der Waals surface area contributed by atoms with Gasteiger partial charge in [0.05, 0.1) is 12.1 Å². The smallest absolute Gasteiger partial charge is 0.350 e. The van der Waals surface area contributed by atoms with Gasteiger partial charge in [0.15, 0.2) is 16.5 Å². The third kappa shape index (κ3) is 5.18. The molecule has 0 spiro atoms. The minimum absolute atomic E-state index is 0.0969. The molecule has 1 fully saturated rings. The first-order chi connectivity index (χ1) is 16.4. The molecule has 10 heteroatoms. The van der Waals surface area contributed by atoms with Gasteiger partial charge in [-0.1, -0.05) is 48.5 Å². The quantitative estimate of drug-likeness (QED) is 0.219. The molecule has 0 atom stereocenters. The van der Waals surface area contributed by atoms with Crippen LogP contribution < -0.4 is 16.4 Å². The summed E-state index contributed by atoms with van der Waals surface area (Å²) in [6.45, 7) is 1.51. The minimum Gasteiger partial charge on any atom is -0.419 e. The zero-order valence-electron chi connectivity index (χ0n) is 18.1. The summed E-state index contributed by atoms with van der Waals surface area (Å²) in [5.74, 6) is -2.69. The Morgan fingerprint density at radius 2 is 1.65 bits per heavy atom. The number of hydrogen-bond acceptors (Lipinski definition) is 8. The number of esters is 2. The fraction of sp³-hybridized carbons (Fsp3) is 0.125. The molecule has 0 radical (unpaired) electrons. The van der Waals surface area contributed by atoms with Crippen LogP contribution in [0.2, 0.25) is 0 Å². The molecule has 4 N–H and O–H groups in total. The number of carbonyl (C=O) groups excluding carboxylic acids is 2. The Kier molecular flexibility index (Phi) is 6.51. The highest BCUT2D eigenvalue weighted by Crippen LogP contribution is 2.29. The summed E-state index contributed by atoms with van der Waals surface area (Å²) in [6.07, 6.45) is 0.971. The lowest BCUT2D eigenvalue weighted by Gasteiger charge is -2.33. The predicted molar refractivity (Wildman–Crippen MR) is 130 cm³/mol. The first-order valence-corrected chi connectivity index (χ1v) is 10.7. The monoisotopic (exact) mass is 475 g/mol. The van der Waals surface area contributed by atoms with Gasteiger partial charge in [-0.2, -0.15) is 0 Å². The molecule has 2 aromatic carbocycles. The third-order valence-electron chi connectivity index (χ3n) is 4.98. The van der Waals surface area contributed by atoms with Crippen molar-refractivity contribution in [2.75, 3.05) is 10.6 Å². The van der Waals surface area contributed by atoms with Gasteiger partial charge in [0.1, 0.15) is 0 Å². The number of nitrogens with zero attached hydrogens (tertiary/aromatic N) is 2. The van der Waals surface area contributed by atoms with Crippen molar-refractivity contribution < 1.29 is 19.1 Å². The number of ether oxygens (including phenoxy) is 2. The molecule has 1 aliphatic heterocycles. The number of nitrogens with one attached hydrogen (secondary N) is 2. The van der Waals surface area contributed by atoms with E-state index in [9.17, 15) is 9.59 Å². The number of cyclic esters (lactones) is 2. The Morgan fingerprint density at radius 3 is 2.29 bits per heavy atom. The van der Waals surface area contributed by atoms with E-state index >= 15 is 0 Å². The molecule has 0 aliphatic carbocycles. The van der Waals surface area contributed by atoms with Crippen molar-refractivity contribution >= 4 is 40.8 Å². The zero-order chi connectivity index (χ0) is 24.1. The van der Waals surface area contributed by atoms with Gasteiger partial charge >= 0.3 is 11.9 Å². The molecule has 4 rings (SSSR count). The van der Waals surface area contributed by atoms with Crippen LogP contribution >= 0.6 is 12.2 Å². The van der Waals surface area contributed by atoms with E-state index in [2.05, 4.69) is 20.8 Å². The topological polar surface area (TPSA) is 128 Å². The minimum atomic E-state index is -1.49. The maximum atomic E-state index is 12.1. The van der Waals surface area contributed by atoms with Crippen LogP contribution in [0.15, 0.2) is 78.5 Å². The maximum Gasteiger partial charge on any atom is 0.350 e. The molecule has 2 heterocycles. The van der Waals surface area contributed by atoms with E-state index < -0.39 is 17.7 Å². The number of rotatable bonds is 5. The average Bonchev–Trinajstić information content (AvgIpc) is 2.81. The third-order valence-corrected chi connectivity index (χ3v) is 5.18. The van der Waals surface area contributed by atoms with E-state index in [1.807, 2.05) is 48.5 Å². The van der Waals surface area contributed by atoms with Crippen LogP contribution in [0.4, 0.5) is 11.5 Å². The molecule has 172 valence electrons. The summed E-state index contributed by atoms with van der Waals surface area (Å²) in [4.78, 5) is 24.2. The van der Waals surface area contributed by atoms with Crippen LogP contribution in [-0.2, 0) is 25.5 Å². The standard InChI is InChI=1S/C24H21N5O4S/c1-24(32-21(30)17(14-25)22(31)33-24)13-16-9-5-6-10-18(16)26-23(34)27-20-12-11-19(28-29-20)15-7-3-2-4-8-15/h2-12,14H,13,25H2,1H3,(H2,26,27,29,34). The highest BCUT2D eigenvalue weighted by atomic mass is 32.1. The van der Waals surface area contributed by atoms with E-state index in [4.69, 9.17) is 27.4 Å². The Hall–Kier alpha value is -4.31. The maximum absolute atomic E-state index is 12.1. The van der Waals surface area contributed by atoms with Gasteiger partial charge in [-0.05, 0) is 36.0 Å². The van der Waals surface area contributed by atoms with Crippen LogP contribution in [0, 0.1) is 0 Å². The van der Waals surface area contributed by atoms with E-state index in [-0.39, 0.29) is 17.1 Å². The van der Waals surface area contributed by atoms with Gasteiger partial charge in [-0.3, -0.25) is 0 Å². The zero-order valence-corrected chi connectivity index (χ0v) is 19.0. The fourth-order valence-electron chi connectivity index (χ4n) is 3.39. The number of para-hydroxylation sites is 1. The van der Waals surface area contributed by atoms with Gasteiger partial charge in [0.2, 0.25) is 0 Å². The number of anilines is 2. The molecule has 1 aliphatic rings. The SMILES string of the molecule is CC1(Cc2ccccc2NC(=S)Nc2ccc(-c3ccccc3)nn2)OC(=O)C(=CN)C(=O)O1. The number of hydrogen-bond donors (Lipinski definition) is 3. The molecule has 0 bridgehead atoms. The second-order valence-electron chi connectivity index (χ2n) is 7.58. The fourth-order valence-corrected chi connectivity index (χ4v) is 3.60. The summed E-state index contributed by atoms with van der Waals surface area (Å²) in [5, 5.41) is 14.8. The van der Waals surface area contributed by atoms with E-state index in [1.165, 1.54) is 6.92 Å². The summed E-state index contributed by atoms with van der Waals surface area (Å²) >= 11 is 5.42. The first-order valence-electron chi connectivity index (χ1n) is 10.3. The molecule has 9 nitrogen and oxygen atoms in total. The lowest BCUT2D eigenvalue weighted by atomic mass is 10.0. The van der Waals surface area contributed by atoms with Crippen molar-refractivity contribution in [3.05, 3.63) is 84.1 Å². The van der Waals surface area contributed by atoms with E-state index in [0.29, 0.717) is 17.1 Å². The second-order valence-corrected chi connectivity index (χ2v) is 7.98. The van der Waals surface area contributed by atoms with E-state index in [0.717, 1.165) is 17.5 Å². The normalized spacial score (nSPS) is 17.4. The van der Waals surface area contributed by atoms with Gasteiger partial charge in [-0.15, -0.1) is 10.2 Å². The van der Waals surface area contributed by atoms with E-state index in [1.54, 1.807) is 18.2 Å². The molecular weight excluding hydrogens is 454 g/mol. The van der Waals surface area contributed by atoms with Crippen molar-refractivity contribution in [3.63, 3.8) is 0 Å². The molecule has 0 unspecified atom stereocenters. The van der Waals surface area contributed by atoms with Crippen LogP contribution in [0.5, 0.6) is 0 Å². The van der Waals surface area contributed by atoms with Gasteiger partial charge < -0.3 is 25.8 Å². The molecular formula is C24H21N5O4S. The molecule has 1 aromatic heterocycles. The van der Waals surface area contributed by atoms with Crippen LogP contribution in [0.3, 0.4) is 0 Å². The van der Waals surface area contributed by atoms with Crippen molar-refractivity contribution in [1.29, 1.82) is 0 Å².